The van der Waals surface area contributed by atoms with Gasteiger partial charge >= 0.3 is 0 Å². The summed E-state index contributed by atoms with van der Waals surface area (Å²) in [6.07, 6.45) is 3.25. The van der Waals surface area contributed by atoms with Crippen LogP contribution in [-0.2, 0) is 16.1 Å². The van der Waals surface area contributed by atoms with Crippen LogP contribution in [0.2, 0.25) is 0 Å². The molecule has 156 valence electrons. The zero-order valence-electron chi connectivity index (χ0n) is 17.8. The van der Waals surface area contributed by atoms with Crippen molar-refractivity contribution in [3.63, 3.8) is 0 Å². The number of aromatic nitrogens is 1. The Bertz CT molecular complexity index is 1180. The molecule has 5 heteroatoms. The van der Waals surface area contributed by atoms with Crippen molar-refractivity contribution in [1.82, 2.24) is 9.88 Å². The Balaban J connectivity index is 1.86. The lowest BCUT2D eigenvalue weighted by atomic mass is 9.95. The highest BCUT2D eigenvalue weighted by molar-refractivity contribution is 6.46. The number of Topliss-reactive ketones (excluding diaryl/α,β-unsaturated/α-hetero) is 1. The van der Waals surface area contributed by atoms with Gasteiger partial charge in [0.25, 0.3) is 11.7 Å². The third-order valence-corrected chi connectivity index (χ3v) is 5.73. The van der Waals surface area contributed by atoms with E-state index in [2.05, 4.69) is 4.98 Å². The van der Waals surface area contributed by atoms with Crippen molar-refractivity contribution in [1.29, 1.82) is 0 Å². The van der Waals surface area contributed by atoms with E-state index < -0.39 is 17.7 Å². The summed E-state index contributed by atoms with van der Waals surface area (Å²) in [6, 6.07) is 16.1. The molecule has 1 amide bonds. The molecule has 0 radical (unpaired) electrons. The molecule has 0 aliphatic carbocycles. The zero-order valence-corrected chi connectivity index (χ0v) is 17.8. The first kappa shape index (κ1) is 20.5. The van der Waals surface area contributed by atoms with Crippen molar-refractivity contribution < 1.29 is 14.7 Å². The number of aliphatic hydroxyl groups is 1. The predicted molar refractivity (Wildman–Crippen MR) is 119 cm³/mol. The highest BCUT2D eigenvalue weighted by atomic mass is 16.3. The average Bonchev–Trinajstić information content (AvgIpc) is 3.02. The van der Waals surface area contributed by atoms with E-state index in [-0.39, 0.29) is 17.9 Å². The van der Waals surface area contributed by atoms with Crippen LogP contribution in [0, 0.1) is 20.8 Å². The van der Waals surface area contributed by atoms with Crippen molar-refractivity contribution in [2.45, 2.75) is 33.4 Å². The van der Waals surface area contributed by atoms with Gasteiger partial charge in [-0.15, -0.1) is 0 Å². The Morgan fingerprint density at radius 3 is 2.26 bits per heavy atom. The second-order valence-electron chi connectivity index (χ2n) is 8.00. The highest BCUT2D eigenvalue weighted by Gasteiger charge is 2.46. The van der Waals surface area contributed by atoms with Crippen LogP contribution in [0.4, 0.5) is 0 Å². The van der Waals surface area contributed by atoms with Gasteiger partial charge in [-0.1, -0.05) is 53.6 Å². The minimum absolute atomic E-state index is 0.102. The Morgan fingerprint density at radius 1 is 0.935 bits per heavy atom. The fourth-order valence-electron chi connectivity index (χ4n) is 3.96. The number of benzene rings is 2. The number of ketones is 1. The fourth-order valence-corrected chi connectivity index (χ4v) is 3.96. The maximum absolute atomic E-state index is 13.1. The lowest BCUT2D eigenvalue weighted by Gasteiger charge is -2.26. The Labute approximate surface area is 181 Å². The van der Waals surface area contributed by atoms with Gasteiger partial charge in [0.2, 0.25) is 0 Å². The van der Waals surface area contributed by atoms with Crippen molar-refractivity contribution in [2.24, 2.45) is 0 Å². The van der Waals surface area contributed by atoms with Gasteiger partial charge in [-0.25, -0.2) is 0 Å². The van der Waals surface area contributed by atoms with Crippen molar-refractivity contribution in [3.8, 4) is 0 Å². The summed E-state index contributed by atoms with van der Waals surface area (Å²) >= 11 is 0. The number of carbonyl (C=O) groups is 2. The maximum Gasteiger partial charge on any atom is 0.295 e. The smallest absolute Gasteiger partial charge is 0.295 e. The van der Waals surface area contributed by atoms with Crippen LogP contribution in [0.1, 0.15) is 39.4 Å². The van der Waals surface area contributed by atoms with Crippen LogP contribution >= 0.6 is 0 Å². The van der Waals surface area contributed by atoms with Gasteiger partial charge in [-0.05, 0) is 49.6 Å². The van der Waals surface area contributed by atoms with Crippen molar-refractivity contribution >= 4 is 17.4 Å². The Kier molecular flexibility index (Phi) is 5.42. The first-order chi connectivity index (χ1) is 14.9. The van der Waals surface area contributed by atoms with Crippen LogP contribution in [0.15, 0.2) is 72.6 Å². The summed E-state index contributed by atoms with van der Waals surface area (Å²) in [6.45, 7) is 6.20. The van der Waals surface area contributed by atoms with Crippen LogP contribution in [0.25, 0.3) is 5.76 Å². The van der Waals surface area contributed by atoms with E-state index in [4.69, 9.17) is 0 Å². The second kappa shape index (κ2) is 8.19. The molecule has 1 N–H and O–H groups in total. The third kappa shape index (κ3) is 3.87. The van der Waals surface area contributed by atoms with Gasteiger partial charge in [-0.2, -0.15) is 0 Å². The molecule has 1 aliphatic rings. The Morgan fingerprint density at radius 2 is 1.58 bits per heavy atom. The van der Waals surface area contributed by atoms with Crippen LogP contribution < -0.4 is 0 Å². The van der Waals surface area contributed by atoms with E-state index in [0.717, 1.165) is 27.8 Å². The molecule has 3 aromatic rings. The number of amides is 1. The van der Waals surface area contributed by atoms with Crippen LogP contribution in [-0.4, -0.2) is 26.7 Å². The first-order valence-corrected chi connectivity index (χ1v) is 10.2. The molecule has 0 spiro atoms. The summed E-state index contributed by atoms with van der Waals surface area (Å²) in [7, 11) is 0. The lowest BCUT2D eigenvalue weighted by Crippen LogP contribution is -2.29. The largest absolute Gasteiger partial charge is 0.507 e. The number of hydrogen-bond acceptors (Lipinski definition) is 4. The van der Waals surface area contributed by atoms with Gasteiger partial charge in [0, 0.05) is 24.5 Å². The monoisotopic (exact) mass is 412 g/mol. The molecule has 2 heterocycles. The fraction of sp³-hybridized carbons (Fsp3) is 0.192. The molecule has 1 saturated heterocycles. The molecule has 31 heavy (non-hydrogen) atoms. The predicted octanol–water partition coefficient (Wildman–Crippen LogP) is 4.63. The summed E-state index contributed by atoms with van der Waals surface area (Å²) in [5, 5.41) is 11.1. The van der Waals surface area contributed by atoms with Crippen LogP contribution in [0.5, 0.6) is 0 Å². The molecule has 0 bridgehead atoms. The normalized spacial score (nSPS) is 17.9. The topological polar surface area (TPSA) is 70.5 Å². The maximum atomic E-state index is 13.1. The molecule has 1 fully saturated rings. The van der Waals surface area contributed by atoms with E-state index in [1.165, 1.54) is 0 Å². The zero-order chi connectivity index (χ0) is 22.1. The van der Waals surface area contributed by atoms with Crippen molar-refractivity contribution in [3.05, 3.63) is 106 Å². The van der Waals surface area contributed by atoms with E-state index >= 15 is 0 Å². The molecule has 0 saturated carbocycles. The summed E-state index contributed by atoms with van der Waals surface area (Å²) in [5.41, 5.74) is 5.47. The number of pyridine rings is 1. The van der Waals surface area contributed by atoms with Crippen molar-refractivity contribution in [2.75, 3.05) is 0 Å². The van der Waals surface area contributed by atoms with E-state index in [1.807, 2.05) is 51.1 Å². The average molecular weight is 412 g/mol. The van der Waals surface area contributed by atoms with E-state index in [9.17, 15) is 14.7 Å². The number of aliphatic hydroxyl groups excluding tert-OH is 1. The highest BCUT2D eigenvalue weighted by Crippen LogP contribution is 2.40. The third-order valence-electron chi connectivity index (χ3n) is 5.73. The number of nitrogens with zero attached hydrogens (tertiary/aromatic N) is 2. The van der Waals surface area contributed by atoms with Gasteiger partial charge in [-0.3, -0.25) is 14.6 Å². The molecule has 5 nitrogen and oxygen atoms in total. The number of likely N-dealkylation sites (tertiary alicyclic amines) is 1. The quantitative estimate of drug-likeness (QED) is 0.385. The minimum atomic E-state index is -0.691. The van der Waals surface area contributed by atoms with Gasteiger partial charge in [0.1, 0.15) is 5.76 Å². The van der Waals surface area contributed by atoms with Crippen LogP contribution in [0.3, 0.4) is 0 Å². The molecule has 1 atom stereocenters. The van der Waals surface area contributed by atoms with Gasteiger partial charge in [0.15, 0.2) is 0 Å². The van der Waals surface area contributed by atoms with Gasteiger partial charge < -0.3 is 10.0 Å². The summed E-state index contributed by atoms with van der Waals surface area (Å²) in [5.74, 6) is -1.45. The number of carbonyl (C=O) groups excluding carboxylic acids is 2. The molecule has 1 aliphatic heterocycles. The first-order valence-electron chi connectivity index (χ1n) is 10.2. The SMILES string of the molecule is Cc1ccc(/C(O)=C2\C(=O)C(=O)N(Cc3cc(C)ccc3C)C2c2ccncc2)cc1. The van der Waals surface area contributed by atoms with E-state index in [0.29, 0.717) is 5.56 Å². The molecule has 4 rings (SSSR count). The van der Waals surface area contributed by atoms with Gasteiger partial charge in [0.05, 0.1) is 11.6 Å². The minimum Gasteiger partial charge on any atom is -0.507 e. The number of hydrogen-bond donors (Lipinski definition) is 1. The molecule has 1 aromatic heterocycles. The second-order valence-corrected chi connectivity index (χ2v) is 8.00. The molecule has 1 unspecified atom stereocenters. The Hall–Kier alpha value is -3.73. The molecular weight excluding hydrogens is 388 g/mol. The molecule has 2 aromatic carbocycles. The molecular formula is C26H24N2O3. The lowest BCUT2D eigenvalue weighted by molar-refractivity contribution is -0.140. The standard InChI is InChI=1S/C26H24N2O3/c1-16-5-8-20(9-6-16)24(29)22-23(19-10-12-27-13-11-19)28(26(31)25(22)30)15-21-14-17(2)4-7-18(21)3/h4-14,23,29H,15H2,1-3H3/b24-22+. The summed E-state index contributed by atoms with van der Waals surface area (Å²) < 4.78 is 0. The van der Waals surface area contributed by atoms with E-state index in [1.54, 1.807) is 41.6 Å². The number of aryl methyl sites for hydroxylation is 3. The summed E-state index contributed by atoms with van der Waals surface area (Å²) in [4.78, 5) is 31.8. The number of rotatable bonds is 4.